The third-order valence-electron chi connectivity index (χ3n) is 7.34. The molecule has 2 heteroatoms. The number of fused-ring (bicyclic) bond motifs is 6. The fourth-order valence-corrected chi connectivity index (χ4v) is 19.2. The summed E-state index contributed by atoms with van der Waals surface area (Å²) in [5.41, 5.74) is 8.60. The quantitative estimate of drug-likeness (QED) is 0.160. The molecule has 2 aliphatic rings. The molecule has 38 heavy (non-hydrogen) atoms. The van der Waals surface area contributed by atoms with Gasteiger partial charge in [-0.1, -0.05) is 0 Å². The molecule has 0 saturated carbocycles. The molecule has 0 unspecified atom stereocenters. The van der Waals surface area contributed by atoms with Crippen LogP contribution < -0.4 is 0 Å². The van der Waals surface area contributed by atoms with Crippen molar-refractivity contribution in [1.82, 2.24) is 0 Å². The fraction of sp³-hybridized carbons (Fsp3) is 0. The fourth-order valence-electron chi connectivity index (χ4n) is 5.72. The maximum atomic E-state index is 2.43. The SMILES string of the molecule is c1ccc2c(c1)-c1ccccc1I2c1ccccc1-c1ccccc1I1c2ccccc2-c2ccccc21. The molecule has 0 atom stereocenters. The van der Waals surface area contributed by atoms with Gasteiger partial charge in [-0.05, 0) is 0 Å². The normalized spacial score (nSPS) is 14.5. The van der Waals surface area contributed by atoms with Crippen molar-refractivity contribution < 1.29 is 0 Å². The van der Waals surface area contributed by atoms with Crippen LogP contribution in [-0.2, 0) is 0 Å². The summed E-state index contributed by atoms with van der Waals surface area (Å²) in [4.78, 5) is 0. The molecule has 0 radical (unpaired) electrons. The van der Waals surface area contributed by atoms with E-state index in [2.05, 4.69) is 146 Å². The monoisotopic (exact) mass is 710 g/mol. The van der Waals surface area contributed by atoms with E-state index in [0.29, 0.717) is 0 Å². The predicted octanol–water partition coefficient (Wildman–Crippen LogP) is 10.1. The minimum atomic E-state index is -1.85. The molecule has 0 aliphatic carbocycles. The van der Waals surface area contributed by atoms with Gasteiger partial charge in [0.15, 0.2) is 0 Å². The summed E-state index contributed by atoms with van der Waals surface area (Å²) in [6.07, 6.45) is 0. The van der Waals surface area contributed by atoms with E-state index in [-0.39, 0.29) is 0 Å². The van der Waals surface area contributed by atoms with Gasteiger partial charge in [0.2, 0.25) is 0 Å². The van der Waals surface area contributed by atoms with Crippen molar-refractivity contribution in [1.29, 1.82) is 0 Å². The molecule has 0 amide bonds. The van der Waals surface area contributed by atoms with Gasteiger partial charge >= 0.3 is 240 Å². The minimum absolute atomic E-state index is 1.43. The van der Waals surface area contributed by atoms with Gasteiger partial charge in [-0.25, -0.2) is 0 Å². The van der Waals surface area contributed by atoms with Crippen LogP contribution in [0, 0.1) is 21.4 Å². The Balaban J connectivity index is 1.36. The van der Waals surface area contributed by atoms with Gasteiger partial charge in [0.25, 0.3) is 0 Å². The molecule has 6 aromatic carbocycles. The topological polar surface area (TPSA) is 0 Å². The van der Waals surface area contributed by atoms with Gasteiger partial charge in [0, 0.05) is 0 Å². The Hall–Kier alpha value is -3.22. The van der Waals surface area contributed by atoms with E-state index in [1.54, 1.807) is 21.4 Å². The van der Waals surface area contributed by atoms with Crippen molar-refractivity contribution >= 4 is 39.6 Å². The molecular formula is C36H24I2. The number of hydrogen-bond donors (Lipinski definition) is 0. The van der Waals surface area contributed by atoms with E-state index in [1.807, 2.05) is 0 Å². The molecule has 2 heterocycles. The first-order valence-corrected chi connectivity index (χ1v) is 19.3. The van der Waals surface area contributed by atoms with E-state index in [1.165, 1.54) is 33.4 Å². The van der Waals surface area contributed by atoms with Gasteiger partial charge < -0.3 is 0 Å². The zero-order valence-electron chi connectivity index (χ0n) is 20.6. The first-order valence-electron chi connectivity index (χ1n) is 12.8. The van der Waals surface area contributed by atoms with Crippen LogP contribution in [0.5, 0.6) is 0 Å². The summed E-state index contributed by atoms with van der Waals surface area (Å²) in [6, 6.07) is 55.1. The molecule has 2 aliphatic heterocycles. The second kappa shape index (κ2) is 9.21. The molecule has 0 N–H and O–H groups in total. The third kappa shape index (κ3) is 3.39. The van der Waals surface area contributed by atoms with Crippen molar-refractivity contribution in [3.63, 3.8) is 0 Å². The molecule has 0 aromatic heterocycles. The Morgan fingerprint density at radius 1 is 0.211 bits per heavy atom. The number of rotatable bonds is 3. The van der Waals surface area contributed by atoms with Crippen LogP contribution in [-0.4, -0.2) is 0 Å². The van der Waals surface area contributed by atoms with Gasteiger partial charge in [-0.3, -0.25) is 0 Å². The Bertz CT molecular complexity index is 1620. The molecule has 182 valence electrons. The van der Waals surface area contributed by atoms with E-state index in [9.17, 15) is 0 Å². The van der Waals surface area contributed by atoms with Crippen LogP contribution in [0.15, 0.2) is 146 Å². The molecule has 6 aromatic rings. The molecule has 0 spiro atoms. The summed E-state index contributed by atoms with van der Waals surface area (Å²) in [7, 11) is 0. The Labute approximate surface area is 238 Å². The van der Waals surface area contributed by atoms with Crippen LogP contribution in [0.4, 0.5) is 0 Å². The Morgan fingerprint density at radius 2 is 0.368 bits per heavy atom. The zero-order valence-corrected chi connectivity index (χ0v) is 24.9. The summed E-state index contributed by atoms with van der Waals surface area (Å²) in [6.45, 7) is 0. The average Bonchev–Trinajstić information content (AvgIpc) is 3.50. The average molecular weight is 710 g/mol. The van der Waals surface area contributed by atoms with E-state index in [4.69, 9.17) is 0 Å². The van der Waals surface area contributed by atoms with Gasteiger partial charge in [-0.2, -0.15) is 0 Å². The van der Waals surface area contributed by atoms with E-state index in [0.717, 1.165) is 0 Å². The molecule has 0 fully saturated rings. The van der Waals surface area contributed by atoms with Crippen LogP contribution in [0.3, 0.4) is 0 Å². The Morgan fingerprint density at radius 3 is 0.553 bits per heavy atom. The molecule has 0 saturated heterocycles. The number of benzene rings is 6. The van der Waals surface area contributed by atoms with Gasteiger partial charge in [0.1, 0.15) is 0 Å². The number of halogens is 2. The number of hydrogen-bond acceptors (Lipinski definition) is 0. The zero-order chi connectivity index (χ0) is 25.1. The first-order chi connectivity index (χ1) is 18.9. The Kier molecular flexibility index (Phi) is 5.51. The predicted molar refractivity (Wildman–Crippen MR) is 176 cm³/mol. The second-order valence-electron chi connectivity index (χ2n) is 9.45. The van der Waals surface area contributed by atoms with Crippen LogP contribution >= 0.6 is 39.6 Å². The summed E-state index contributed by atoms with van der Waals surface area (Å²) in [5, 5.41) is 0. The third-order valence-corrected chi connectivity index (χ3v) is 20.0. The second-order valence-corrected chi connectivity index (χ2v) is 19.7. The summed E-state index contributed by atoms with van der Waals surface area (Å²) < 4.78 is 9.38. The van der Waals surface area contributed by atoms with Crippen molar-refractivity contribution in [3.05, 3.63) is 167 Å². The van der Waals surface area contributed by atoms with Crippen molar-refractivity contribution in [2.45, 2.75) is 0 Å². The molecule has 8 rings (SSSR count). The maximum absolute atomic E-state index is 2.43. The van der Waals surface area contributed by atoms with Crippen molar-refractivity contribution in [2.75, 3.05) is 0 Å². The van der Waals surface area contributed by atoms with E-state index < -0.39 is 39.6 Å². The molecular weight excluding hydrogens is 686 g/mol. The van der Waals surface area contributed by atoms with Gasteiger partial charge in [-0.15, -0.1) is 0 Å². The summed E-state index contributed by atoms with van der Waals surface area (Å²) >= 11 is -3.70. The van der Waals surface area contributed by atoms with Crippen LogP contribution in [0.2, 0.25) is 0 Å². The standard InChI is InChI=1S/C36H24I2/c1-7-19-31-25(13-1)26-14-2-8-20-32(26)37(31)35-23-11-5-17-29(35)30-18-6-12-24-36(30)38-33-21-9-3-15-27(33)28-16-4-10-22-34(28)38/h1-24H. The van der Waals surface area contributed by atoms with Crippen LogP contribution in [0.25, 0.3) is 33.4 Å². The van der Waals surface area contributed by atoms with Crippen molar-refractivity contribution in [3.8, 4) is 33.4 Å². The molecule has 0 bridgehead atoms. The van der Waals surface area contributed by atoms with E-state index >= 15 is 0 Å². The summed E-state index contributed by atoms with van der Waals surface area (Å²) in [5.74, 6) is 0. The van der Waals surface area contributed by atoms with Crippen LogP contribution in [0.1, 0.15) is 0 Å². The first kappa shape index (κ1) is 22.7. The molecule has 0 nitrogen and oxygen atoms in total. The van der Waals surface area contributed by atoms with Crippen molar-refractivity contribution in [2.24, 2.45) is 0 Å². The van der Waals surface area contributed by atoms with Gasteiger partial charge in [0.05, 0.1) is 0 Å².